The molecule has 2 rings (SSSR count). The van der Waals surface area contributed by atoms with Crippen molar-refractivity contribution in [2.24, 2.45) is 5.92 Å². The topological polar surface area (TPSA) is 15.3 Å². The molecular formula is C12H24N2. The van der Waals surface area contributed by atoms with Gasteiger partial charge in [-0.2, -0.15) is 0 Å². The summed E-state index contributed by atoms with van der Waals surface area (Å²) < 4.78 is 0. The smallest absolute Gasteiger partial charge is 0.0125 e. The van der Waals surface area contributed by atoms with Gasteiger partial charge in [-0.15, -0.1) is 0 Å². The van der Waals surface area contributed by atoms with Gasteiger partial charge in [-0.25, -0.2) is 0 Å². The molecule has 2 aliphatic rings. The minimum atomic E-state index is 0.368. The van der Waals surface area contributed by atoms with Crippen molar-refractivity contribution in [1.82, 2.24) is 10.2 Å². The number of hydrogen-bond acceptors (Lipinski definition) is 2. The zero-order chi connectivity index (χ0) is 10.2. The van der Waals surface area contributed by atoms with Gasteiger partial charge in [0, 0.05) is 18.1 Å². The fraction of sp³-hybridized carbons (Fsp3) is 1.00. The second kappa shape index (κ2) is 3.82. The summed E-state index contributed by atoms with van der Waals surface area (Å²) in [5.41, 5.74) is 0.368. The summed E-state index contributed by atoms with van der Waals surface area (Å²) in [6.07, 6.45) is 4.19. The van der Waals surface area contributed by atoms with Crippen LogP contribution in [0.15, 0.2) is 0 Å². The molecule has 2 fully saturated rings. The fourth-order valence-corrected chi connectivity index (χ4v) is 2.84. The summed E-state index contributed by atoms with van der Waals surface area (Å²) in [5.74, 6) is 0.914. The summed E-state index contributed by atoms with van der Waals surface area (Å²) in [7, 11) is 0. The Labute approximate surface area is 88.1 Å². The lowest BCUT2D eigenvalue weighted by Crippen LogP contribution is -2.41. The van der Waals surface area contributed by atoms with Crippen molar-refractivity contribution in [2.45, 2.75) is 51.6 Å². The first-order valence-corrected chi connectivity index (χ1v) is 6.06. The van der Waals surface area contributed by atoms with E-state index in [4.69, 9.17) is 0 Å². The summed E-state index contributed by atoms with van der Waals surface area (Å²) in [5, 5.41) is 3.64. The monoisotopic (exact) mass is 196 g/mol. The third-order valence-corrected chi connectivity index (χ3v) is 3.84. The molecule has 0 bridgehead atoms. The van der Waals surface area contributed by atoms with E-state index in [0.717, 1.165) is 12.0 Å². The Morgan fingerprint density at radius 1 is 1.21 bits per heavy atom. The highest BCUT2D eigenvalue weighted by molar-refractivity contribution is 4.91. The average molecular weight is 196 g/mol. The lowest BCUT2D eigenvalue weighted by molar-refractivity contribution is 0.164. The van der Waals surface area contributed by atoms with Crippen molar-refractivity contribution in [1.29, 1.82) is 0 Å². The molecule has 82 valence electrons. The molecule has 2 heteroatoms. The largest absolute Gasteiger partial charge is 0.314 e. The van der Waals surface area contributed by atoms with Crippen LogP contribution in [-0.2, 0) is 0 Å². The van der Waals surface area contributed by atoms with Crippen molar-refractivity contribution in [3.05, 3.63) is 0 Å². The number of likely N-dealkylation sites (tertiary alicyclic amines) is 1. The van der Waals surface area contributed by atoms with Crippen LogP contribution < -0.4 is 5.32 Å². The molecule has 0 aliphatic carbocycles. The predicted molar refractivity (Wildman–Crippen MR) is 60.5 cm³/mol. The molecule has 2 aliphatic heterocycles. The first-order valence-electron chi connectivity index (χ1n) is 6.06. The van der Waals surface area contributed by atoms with Gasteiger partial charge in [0.05, 0.1) is 0 Å². The van der Waals surface area contributed by atoms with Gasteiger partial charge in [-0.05, 0) is 59.0 Å². The quantitative estimate of drug-likeness (QED) is 0.688. The van der Waals surface area contributed by atoms with Crippen LogP contribution in [0.2, 0.25) is 0 Å². The molecule has 2 nitrogen and oxygen atoms in total. The second-order valence-corrected chi connectivity index (χ2v) is 5.87. The van der Waals surface area contributed by atoms with Gasteiger partial charge in [0.2, 0.25) is 0 Å². The van der Waals surface area contributed by atoms with E-state index < -0.39 is 0 Å². The molecule has 14 heavy (non-hydrogen) atoms. The Morgan fingerprint density at radius 3 is 2.50 bits per heavy atom. The molecule has 2 saturated heterocycles. The molecule has 2 unspecified atom stereocenters. The molecule has 2 heterocycles. The molecule has 0 amide bonds. The molecule has 2 atom stereocenters. The standard InChI is InChI=1S/C12H24N2/c1-12(2,3)14-8-6-10(9-14)11-5-4-7-13-11/h10-11,13H,4-9H2,1-3H3. The summed E-state index contributed by atoms with van der Waals surface area (Å²) in [6.45, 7) is 10.8. The predicted octanol–water partition coefficient (Wildman–Crippen LogP) is 1.86. The molecule has 0 radical (unpaired) electrons. The number of nitrogens with one attached hydrogen (secondary N) is 1. The SMILES string of the molecule is CC(C)(C)N1CCC(C2CCCN2)C1. The van der Waals surface area contributed by atoms with E-state index in [1.165, 1.54) is 38.9 Å². The number of nitrogens with zero attached hydrogens (tertiary/aromatic N) is 1. The van der Waals surface area contributed by atoms with Gasteiger partial charge >= 0.3 is 0 Å². The summed E-state index contributed by atoms with van der Waals surface area (Å²) >= 11 is 0. The molecule has 0 saturated carbocycles. The van der Waals surface area contributed by atoms with Crippen LogP contribution in [0.4, 0.5) is 0 Å². The summed E-state index contributed by atoms with van der Waals surface area (Å²) in [6, 6.07) is 0.822. The normalized spacial score (nSPS) is 35.4. The van der Waals surface area contributed by atoms with Crippen LogP contribution in [0.1, 0.15) is 40.0 Å². The van der Waals surface area contributed by atoms with E-state index in [2.05, 4.69) is 31.0 Å². The van der Waals surface area contributed by atoms with E-state index in [1.54, 1.807) is 0 Å². The van der Waals surface area contributed by atoms with Crippen LogP contribution >= 0.6 is 0 Å². The zero-order valence-corrected chi connectivity index (χ0v) is 9.84. The Morgan fingerprint density at radius 2 is 2.00 bits per heavy atom. The molecule has 0 aromatic heterocycles. The third-order valence-electron chi connectivity index (χ3n) is 3.84. The van der Waals surface area contributed by atoms with Crippen LogP contribution in [0.25, 0.3) is 0 Å². The minimum Gasteiger partial charge on any atom is -0.314 e. The first-order chi connectivity index (χ1) is 6.57. The highest BCUT2D eigenvalue weighted by atomic mass is 15.2. The second-order valence-electron chi connectivity index (χ2n) is 5.87. The van der Waals surface area contributed by atoms with E-state index in [9.17, 15) is 0 Å². The van der Waals surface area contributed by atoms with Gasteiger partial charge in [0.25, 0.3) is 0 Å². The Hall–Kier alpha value is -0.0800. The Balaban J connectivity index is 1.88. The van der Waals surface area contributed by atoms with E-state index >= 15 is 0 Å². The van der Waals surface area contributed by atoms with Gasteiger partial charge in [-0.1, -0.05) is 0 Å². The van der Waals surface area contributed by atoms with Crippen molar-refractivity contribution >= 4 is 0 Å². The maximum Gasteiger partial charge on any atom is 0.0125 e. The molecule has 0 aromatic rings. The third kappa shape index (κ3) is 2.12. The van der Waals surface area contributed by atoms with Crippen molar-refractivity contribution in [2.75, 3.05) is 19.6 Å². The molecule has 1 N–H and O–H groups in total. The Bertz CT molecular complexity index is 189. The average Bonchev–Trinajstić information content (AvgIpc) is 2.73. The van der Waals surface area contributed by atoms with Gasteiger partial charge in [-0.3, -0.25) is 4.90 Å². The number of rotatable bonds is 1. The maximum absolute atomic E-state index is 3.64. The maximum atomic E-state index is 3.64. The highest BCUT2D eigenvalue weighted by Crippen LogP contribution is 2.29. The fourth-order valence-electron chi connectivity index (χ4n) is 2.84. The molecular weight excluding hydrogens is 172 g/mol. The molecule has 0 spiro atoms. The molecule has 0 aromatic carbocycles. The van der Waals surface area contributed by atoms with Crippen LogP contribution in [-0.4, -0.2) is 36.1 Å². The first kappa shape index (κ1) is 10.4. The van der Waals surface area contributed by atoms with Gasteiger partial charge in [0.1, 0.15) is 0 Å². The number of hydrogen-bond donors (Lipinski definition) is 1. The Kier molecular flexibility index (Phi) is 2.85. The zero-order valence-electron chi connectivity index (χ0n) is 9.84. The van der Waals surface area contributed by atoms with Gasteiger partial charge < -0.3 is 5.32 Å². The minimum absolute atomic E-state index is 0.368. The van der Waals surface area contributed by atoms with Crippen molar-refractivity contribution in [3.8, 4) is 0 Å². The summed E-state index contributed by atoms with van der Waals surface area (Å²) in [4.78, 5) is 2.64. The lowest BCUT2D eigenvalue weighted by Gasteiger charge is -2.32. The highest BCUT2D eigenvalue weighted by Gasteiger charge is 2.34. The van der Waals surface area contributed by atoms with Gasteiger partial charge in [0.15, 0.2) is 0 Å². The van der Waals surface area contributed by atoms with Crippen LogP contribution in [0, 0.1) is 5.92 Å². The van der Waals surface area contributed by atoms with E-state index in [1.807, 2.05) is 0 Å². The van der Waals surface area contributed by atoms with Crippen LogP contribution in [0.3, 0.4) is 0 Å². The van der Waals surface area contributed by atoms with Crippen LogP contribution in [0.5, 0.6) is 0 Å². The van der Waals surface area contributed by atoms with Crippen molar-refractivity contribution < 1.29 is 0 Å². The van der Waals surface area contributed by atoms with E-state index in [-0.39, 0.29) is 0 Å². The lowest BCUT2D eigenvalue weighted by atomic mass is 9.97. The van der Waals surface area contributed by atoms with Crippen molar-refractivity contribution in [3.63, 3.8) is 0 Å². The van der Waals surface area contributed by atoms with E-state index in [0.29, 0.717) is 5.54 Å².